The zero-order valence-electron chi connectivity index (χ0n) is 11.6. The van der Waals surface area contributed by atoms with E-state index in [1.165, 1.54) is 0 Å². The van der Waals surface area contributed by atoms with Gasteiger partial charge in [0.05, 0.1) is 16.5 Å². The minimum absolute atomic E-state index is 0.00746. The highest BCUT2D eigenvalue weighted by molar-refractivity contribution is 6.42. The summed E-state index contributed by atoms with van der Waals surface area (Å²) in [5.41, 5.74) is 6.89. The van der Waals surface area contributed by atoms with Gasteiger partial charge in [0.2, 0.25) is 5.91 Å². The van der Waals surface area contributed by atoms with Crippen LogP contribution in [0.1, 0.15) is 31.7 Å². The molecule has 1 heterocycles. The van der Waals surface area contributed by atoms with Crippen LogP contribution >= 0.6 is 23.2 Å². The maximum atomic E-state index is 12.5. The molecule has 0 radical (unpaired) electrons. The summed E-state index contributed by atoms with van der Waals surface area (Å²) < 4.78 is 0. The number of amides is 1. The molecule has 3 nitrogen and oxygen atoms in total. The number of piperidine rings is 1. The summed E-state index contributed by atoms with van der Waals surface area (Å²) in [6, 6.07) is 5.49. The van der Waals surface area contributed by atoms with Crippen LogP contribution < -0.4 is 5.73 Å². The number of benzene rings is 1. The molecule has 0 aromatic heterocycles. The van der Waals surface area contributed by atoms with E-state index in [1.807, 2.05) is 17.9 Å². The number of hydrogen-bond donors (Lipinski definition) is 1. The summed E-state index contributed by atoms with van der Waals surface area (Å²) >= 11 is 11.9. The molecule has 0 aliphatic carbocycles. The first-order chi connectivity index (χ1) is 9.49. The van der Waals surface area contributed by atoms with E-state index in [1.54, 1.807) is 12.1 Å². The Kier molecular flexibility index (Phi) is 5.30. The standard InChI is InChI=1S/C15H20Cl2N2O/c1-10(18)14-4-2-3-7-19(14)15(20)9-11-5-6-12(16)13(17)8-11/h5-6,8,10,14H,2-4,7,9,18H2,1H3. The second-order valence-electron chi connectivity index (χ2n) is 5.43. The predicted molar refractivity (Wildman–Crippen MR) is 83.2 cm³/mol. The maximum Gasteiger partial charge on any atom is 0.227 e. The topological polar surface area (TPSA) is 46.3 Å². The molecule has 0 saturated carbocycles. The second-order valence-corrected chi connectivity index (χ2v) is 6.25. The van der Waals surface area contributed by atoms with Gasteiger partial charge in [0, 0.05) is 18.6 Å². The zero-order valence-corrected chi connectivity index (χ0v) is 13.1. The van der Waals surface area contributed by atoms with Gasteiger partial charge in [-0.25, -0.2) is 0 Å². The lowest BCUT2D eigenvalue weighted by Gasteiger charge is -2.38. The van der Waals surface area contributed by atoms with Gasteiger partial charge >= 0.3 is 0 Å². The molecule has 5 heteroatoms. The lowest BCUT2D eigenvalue weighted by atomic mass is 9.96. The van der Waals surface area contributed by atoms with Crippen molar-refractivity contribution >= 4 is 29.1 Å². The molecule has 1 saturated heterocycles. The first-order valence-electron chi connectivity index (χ1n) is 6.98. The maximum absolute atomic E-state index is 12.5. The third kappa shape index (κ3) is 3.66. The Morgan fingerprint density at radius 1 is 1.40 bits per heavy atom. The highest BCUT2D eigenvalue weighted by Crippen LogP contribution is 2.24. The van der Waals surface area contributed by atoms with E-state index in [4.69, 9.17) is 28.9 Å². The van der Waals surface area contributed by atoms with E-state index in [0.717, 1.165) is 31.4 Å². The average molecular weight is 315 g/mol. The number of likely N-dealkylation sites (tertiary alicyclic amines) is 1. The van der Waals surface area contributed by atoms with Crippen LogP contribution in [0.5, 0.6) is 0 Å². The molecule has 2 rings (SSSR count). The first kappa shape index (κ1) is 15.6. The Hall–Kier alpha value is -0.770. The third-order valence-corrected chi connectivity index (χ3v) is 4.55. The third-order valence-electron chi connectivity index (χ3n) is 3.82. The van der Waals surface area contributed by atoms with E-state index < -0.39 is 0 Å². The molecule has 1 aromatic rings. The lowest BCUT2D eigenvalue weighted by molar-refractivity contribution is -0.134. The van der Waals surface area contributed by atoms with Crippen LogP contribution in [0.2, 0.25) is 10.0 Å². The predicted octanol–water partition coefficient (Wildman–Crippen LogP) is 3.26. The highest BCUT2D eigenvalue weighted by Gasteiger charge is 2.28. The molecule has 2 atom stereocenters. The van der Waals surface area contributed by atoms with Crippen molar-refractivity contribution in [2.75, 3.05) is 6.54 Å². The molecule has 0 bridgehead atoms. The van der Waals surface area contributed by atoms with Crippen molar-refractivity contribution in [2.45, 2.75) is 44.7 Å². The summed E-state index contributed by atoms with van der Waals surface area (Å²) in [5, 5.41) is 0.994. The minimum atomic E-state index is 0.00746. The van der Waals surface area contributed by atoms with E-state index in [9.17, 15) is 4.79 Å². The van der Waals surface area contributed by atoms with Crippen molar-refractivity contribution in [2.24, 2.45) is 5.73 Å². The van der Waals surface area contributed by atoms with Gasteiger partial charge in [-0.3, -0.25) is 4.79 Å². The zero-order chi connectivity index (χ0) is 14.7. The van der Waals surface area contributed by atoms with Crippen molar-refractivity contribution in [1.29, 1.82) is 0 Å². The largest absolute Gasteiger partial charge is 0.338 e. The van der Waals surface area contributed by atoms with E-state index in [-0.39, 0.29) is 18.0 Å². The van der Waals surface area contributed by atoms with E-state index in [0.29, 0.717) is 16.5 Å². The molecule has 2 N–H and O–H groups in total. The number of nitrogens with zero attached hydrogens (tertiary/aromatic N) is 1. The smallest absolute Gasteiger partial charge is 0.227 e. The molecule has 1 aliphatic rings. The van der Waals surface area contributed by atoms with Gasteiger partial charge in [0.25, 0.3) is 0 Å². The van der Waals surface area contributed by atoms with Gasteiger partial charge < -0.3 is 10.6 Å². The fourth-order valence-electron chi connectivity index (χ4n) is 2.74. The number of rotatable bonds is 3. The van der Waals surface area contributed by atoms with Crippen LogP contribution in [0.15, 0.2) is 18.2 Å². The normalized spacial score (nSPS) is 20.8. The Morgan fingerprint density at radius 3 is 2.80 bits per heavy atom. The second kappa shape index (κ2) is 6.79. The van der Waals surface area contributed by atoms with Gasteiger partial charge in [-0.05, 0) is 43.9 Å². The fourth-order valence-corrected chi connectivity index (χ4v) is 3.06. The number of carbonyl (C=O) groups is 1. The summed E-state index contributed by atoms with van der Waals surface area (Å²) in [4.78, 5) is 14.4. The van der Waals surface area contributed by atoms with Crippen LogP contribution in [0.25, 0.3) is 0 Å². The summed E-state index contributed by atoms with van der Waals surface area (Å²) in [7, 11) is 0. The Morgan fingerprint density at radius 2 is 2.15 bits per heavy atom. The molecule has 1 aliphatic heterocycles. The van der Waals surface area contributed by atoms with Crippen molar-refractivity contribution in [1.82, 2.24) is 4.90 Å². The Balaban J connectivity index is 2.07. The quantitative estimate of drug-likeness (QED) is 0.930. The van der Waals surface area contributed by atoms with Crippen LogP contribution in [0.4, 0.5) is 0 Å². The number of halogens is 2. The van der Waals surface area contributed by atoms with Gasteiger partial charge in [-0.1, -0.05) is 29.3 Å². The van der Waals surface area contributed by atoms with Crippen LogP contribution in [0, 0.1) is 0 Å². The molecule has 1 aromatic carbocycles. The Bertz CT molecular complexity index is 491. The van der Waals surface area contributed by atoms with Gasteiger partial charge in [0.15, 0.2) is 0 Å². The number of carbonyl (C=O) groups excluding carboxylic acids is 1. The van der Waals surface area contributed by atoms with Gasteiger partial charge in [-0.2, -0.15) is 0 Å². The average Bonchev–Trinajstić information content (AvgIpc) is 2.43. The van der Waals surface area contributed by atoms with Crippen LogP contribution in [0.3, 0.4) is 0 Å². The van der Waals surface area contributed by atoms with Crippen molar-refractivity contribution < 1.29 is 4.79 Å². The van der Waals surface area contributed by atoms with Crippen LogP contribution in [-0.4, -0.2) is 29.4 Å². The first-order valence-corrected chi connectivity index (χ1v) is 7.73. The van der Waals surface area contributed by atoms with Gasteiger partial charge in [-0.15, -0.1) is 0 Å². The highest BCUT2D eigenvalue weighted by atomic mass is 35.5. The van der Waals surface area contributed by atoms with Crippen molar-refractivity contribution in [3.63, 3.8) is 0 Å². The van der Waals surface area contributed by atoms with Crippen molar-refractivity contribution in [3.05, 3.63) is 33.8 Å². The molecule has 0 spiro atoms. The lowest BCUT2D eigenvalue weighted by Crippen LogP contribution is -2.52. The van der Waals surface area contributed by atoms with Gasteiger partial charge in [0.1, 0.15) is 0 Å². The molecule has 20 heavy (non-hydrogen) atoms. The molecule has 2 unspecified atom stereocenters. The summed E-state index contributed by atoms with van der Waals surface area (Å²) in [6.07, 6.45) is 3.53. The summed E-state index contributed by atoms with van der Waals surface area (Å²) in [6.45, 7) is 2.77. The van der Waals surface area contributed by atoms with Crippen LogP contribution in [-0.2, 0) is 11.2 Å². The minimum Gasteiger partial charge on any atom is -0.338 e. The molecule has 1 fully saturated rings. The summed E-state index contributed by atoms with van der Waals surface area (Å²) in [5.74, 6) is 0.116. The van der Waals surface area contributed by atoms with Crippen molar-refractivity contribution in [3.8, 4) is 0 Å². The SMILES string of the molecule is CC(N)C1CCCCN1C(=O)Cc1ccc(Cl)c(Cl)c1. The monoisotopic (exact) mass is 314 g/mol. The van der Waals surface area contributed by atoms with E-state index in [2.05, 4.69) is 0 Å². The number of hydrogen-bond acceptors (Lipinski definition) is 2. The molecular formula is C15H20Cl2N2O. The fraction of sp³-hybridized carbons (Fsp3) is 0.533. The molecule has 110 valence electrons. The molecule has 1 amide bonds. The Labute approximate surface area is 130 Å². The number of nitrogens with two attached hydrogens (primary N) is 1. The van der Waals surface area contributed by atoms with E-state index >= 15 is 0 Å². The molecular weight excluding hydrogens is 295 g/mol.